The maximum absolute atomic E-state index is 4.46. The van der Waals surface area contributed by atoms with Gasteiger partial charge < -0.3 is 5.32 Å². The van der Waals surface area contributed by atoms with Gasteiger partial charge in [-0.3, -0.25) is 0 Å². The molecular weight excluding hydrogens is 210 g/mol. The van der Waals surface area contributed by atoms with Crippen LogP contribution in [0.4, 0.5) is 5.69 Å². The topological polar surface area (TPSA) is 37.8 Å². The maximum atomic E-state index is 4.46. The number of rotatable bonds is 2. The molecule has 0 atom stereocenters. The predicted octanol–water partition coefficient (Wildman–Crippen LogP) is 3.47. The average molecular weight is 233 g/mol. The molecule has 0 aromatic carbocycles. The van der Waals surface area contributed by atoms with Gasteiger partial charge in [0.05, 0.1) is 17.1 Å². The minimum Gasteiger partial charge on any atom is -0.383 e. The van der Waals surface area contributed by atoms with Gasteiger partial charge in [0.1, 0.15) is 0 Å². The lowest BCUT2D eigenvalue weighted by Gasteiger charge is -2.18. The van der Waals surface area contributed by atoms with Gasteiger partial charge in [-0.05, 0) is 31.1 Å². The van der Waals surface area contributed by atoms with Gasteiger partial charge in [-0.15, -0.1) is 0 Å². The third-order valence-corrected chi connectivity index (χ3v) is 3.38. The molecule has 2 rings (SSSR count). The highest BCUT2D eigenvalue weighted by molar-refractivity contribution is 5.58. The Bertz CT molecular complexity index is 360. The van der Waals surface area contributed by atoms with E-state index in [1.165, 1.54) is 29.8 Å². The van der Waals surface area contributed by atoms with Crippen molar-refractivity contribution in [1.82, 2.24) is 10.2 Å². The van der Waals surface area contributed by atoms with Gasteiger partial charge in [0.2, 0.25) is 0 Å². The first-order valence-corrected chi connectivity index (χ1v) is 6.74. The van der Waals surface area contributed by atoms with Crippen LogP contribution in [-0.2, 0) is 6.42 Å². The van der Waals surface area contributed by atoms with Crippen molar-refractivity contribution in [2.24, 2.45) is 0 Å². The number of aromatic nitrogens is 2. The summed E-state index contributed by atoms with van der Waals surface area (Å²) in [5.74, 6) is 0.889. The number of anilines is 1. The highest BCUT2D eigenvalue weighted by Crippen LogP contribution is 2.32. The lowest BCUT2D eigenvalue weighted by molar-refractivity contribution is 0.710. The summed E-state index contributed by atoms with van der Waals surface area (Å²) in [6, 6.07) is 0. The number of nitrogens with zero attached hydrogens (tertiary/aromatic N) is 2. The summed E-state index contributed by atoms with van der Waals surface area (Å²) in [7, 11) is 0. The Morgan fingerprint density at radius 3 is 2.24 bits per heavy atom. The van der Waals surface area contributed by atoms with Gasteiger partial charge >= 0.3 is 0 Å². The van der Waals surface area contributed by atoms with Crippen molar-refractivity contribution >= 4 is 5.69 Å². The molecule has 1 aromatic heterocycles. The lowest BCUT2D eigenvalue weighted by Crippen LogP contribution is -2.12. The SMILES string of the molecule is CC(C)c1nnc(C(C)C)c2c1CCCCN2. The molecule has 0 radical (unpaired) electrons. The first-order chi connectivity index (χ1) is 8.11. The van der Waals surface area contributed by atoms with Crippen molar-refractivity contribution in [3.8, 4) is 0 Å². The molecule has 1 aromatic rings. The monoisotopic (exact) mass is 233 g/mol. The zero-order valence-corrected chi connectivity index (χ0v) is 11.4. The minimum absolute atomic E-state index is 0.433. The molecule has 0 spiro atoms. The van der Waals surface area contributed by atoms with Gasteiger partial charge in [0.25, 0.3) is 0 Å². The molecule has 1 aliphatic heterocycles. The van der Waals surface area contributed by atoms with E-state index in [0.29, 0.717) is 11.8 Å². The molecular formula is C14H23N3. The number of nitrogens with one attached hydrogen (secondary N) is 1. The fourth-order valence-electron chi connectivity index (χ4n) is 2.46. The molecule has 0 aliphatic carbocycles. The molecule has 1 N–H and O–H groups in total. The van der Waals surface area contributed by atoms with Crippen molar-refractivity contribution in [2.45, 2.75) is 58.8 Å². The van der Waals surface area contributed by atoms with Gasteiger partial charge in [0.15, 0.2) is 0 Å². The number of hydrogen-bond donors (Lipinski definition) is 1. The van der Waals surface area contributed by atoms with Crippen LogP contribution >= 0.6 is 0 Å². The van der Waals surface area contributed by atoms with Gasteiger partial charge in [0, 0.05) is 12.1 Å². The zero-order valence-electron chi connectivity index (χ0n) is 11.4. The Morgan fingerprint density at radius 1 is 0.941 bits per heavy atom. The van der Waals surface area contributed by atoms with E-state index in [9.17, 15) is 0 Å². The first kappa shape index (κ1) is 12.3. The second kappa shape index (κ2) is 5.03. The van der Waals surface area contributed by atoms with E-state index in [1.54, 1.807) is 0 Å². The van der Waals surface area contributed by atoms with Crippen LogP contribution in [0, 0.1) is 0 Å². The van der Waals surface area contributed by atoms with Crippen LogP contribution in [0.25, 0.3) is 0 Å². The highest BCUT2D eigenvalue weighted by Gasteiger charge is 2.21. The molecule has 0 saturated carbocycles. The van der Waals surface area contributed by atoms with Crippen LogP contribution in [-0.4, -0.2) is 16.7 Å². The Kier molecular flexibility index (Phi) is 3.65. The van der Waals surface area contributed by atoms with Crippen molar-refractivity contribution in [1.29, 1.82) is 0 Å². The van der Waals surface area contributed by atoms with E-state index < -0.39 is 0 Å². The van der Waals surface area contributed by atoms with Gasteiger partial charge in [-0.2, -0.15) is 10.2 Å². The van der Waals surface area contributed by atoms with Gasteiger partial charge in [-0.1, -0.05) is 27.7 Å². The molecule has 0 bridgehead atoms. The standard InChI is InChI=1S/C14H23N3/c1-9(2)12-11-7-5-6-8-15-14(11)13(10(3)4)17-16-12/h9-10,15H,5-8H2,1-4H3. The largest absolute Gasteiger partial charge is 0.383 e. The van der Waals surface area contributed by atoms with Crippen molar-refractivity contribution < 1.29 is 0 Å². The van der Waals surface area contributed by atoms with Crippen molar-refractivity contribution in [3.05, 3.63) is 17.0 Å². The normalized spacial score (nSPS) is 15.6. The zero-order chi connectivity index (χ0) is 12.4. The molecule has 17 heavy (non-hydrogen) atoms. The molecule has 0 saturated heterocycles. The van der Waals surface area contributed by atoms with Crippen LogP contribution in [0.1, 0.15) is 69.3 Å². The summed E-state index contributed by atoms with van der Waals surface area (Å²) in [6.07, 6.45) is 3.64. The number of hydrogen-bond acceptors (Lipinski definition) is 3. The van der Waals surface area contributed by atoms with Crippen LogP contribution in [0.5, 0.6) is 0 Å². The van der Waals surface area contributed by atoms with Crippen LogP contribution in [0.3, 0.4) is 0 Å². The molecule has 2 heterocycles. The fourth-order valence-corrected chi connectivity index (χ4v) is 2.46. The molecule has 3 nitrogen and oxygen atoms in total. The quantitative estimate of drug-likeness (QED) is 0.850. The van der Waals surface area contributed by atoms with Gasteiger partial charge in [-0.25, -0.2) is 0 Å². The van der Waals surface area contributed by atoms with E-state index in [2.05, 4.69) is 43.2 Å². The van der Waals surface area contributed by atoms with Crippen molar-refractivity contribution in [3.63, 3.8) is 0 Å². The van der Waals surface area contributed by atoms with Crippen LogP contribution in [0.15, 0.2) is 0 Å². The predicted molar refractivity (Wildman–Crippen MR) is 71.6 cm³/mol. The Balaban J connectivity index is 2.54. The average Bonchev–Trinajstić information content (AvgIpc) is 2.52. The van der Waals surface area contributed by atoms with Crippen LogP contribution in [0.2, 0.25) is 0 Å². The third-order valence-electron chi connectivity index (χ3n) is 3.38. The summed E-state index contributed by atoms with van der Waals surface area (Å²) in [5, 5.41) is 12.5. The summed E-state index contributed by atoms with van der Waals surface area (Å²) in [5.41, 5.74) is 5.00. The van der Waals surface area contributed by atoms with E-state index in [4.69, 9.17) is 0 Å². The molecule has 3 heteroatoms. The Morgan fingerprint density at radius 2 is 1.59 bits per heavy atom. The summed E-state index contributed by atoms with van der Waals surface area (Å²) in [4.78, 5) is 0. The third kappa shape index (κ3) is 2.43. The van der Waals surface area contributed by atoms with E-state index >= 15 is 0 Å². The number of fused-ring (bicyclic) bond motifs is 1. The summed E-state index contributed by atoms with van der Waals surface area (Å²) in [6.45, 7) is 9.84. The summed E-state index contributed by atoms with van der Waals surface area (Å²) >= 11 is 0. The smallest absolute Gasteiger partial charge is 0.0890 e. The second-order valence-electron chi connectivity index (χ2n) is 5.52. The first-order valence-electron chi connectivity index (χ1n) is 6.74. The second-order valence-corrected chi connectivity index (χ2v) is 5.52. The molecule has 94 valence electrons. The maximum Gasteiger partial charge on any atom is 0.0890 e. The molecule has 0 unspecified atom stereocenters. The minimum atomic E-state index is 0.433. The van der Waals surface area contributed by atoms with E-state index in [-0.39, 0.29) is 0 Å². The lowest BCUT2D eigenvalue weighted by atomic mass is 9.96. The van der Waals surface area contributed by atoms with E-state index in [0.717, 1.165) is 18.7 Å². The highest BCUT2D eigenvalue weighted by atomic mass is 15.1. The van der Waals surface area contributed by atoms with Crippen LogP contribution < -0.4 is 5.32 Å². The summed E-state index contributed by atoms with van der Waals surface area (Å²) < 4.78 is 0. The van der Waals surface area contributed by atoms with Crippen molar-refractivity contribution in [2.75, 3.05) is 11.9 Å². The fraction of sp³-hybridized carbons (Fsp3) is 0.714. The molecule has 0 fully saturated rings. The molecule has 0 amide bonds. The Labute approximate surface area is 104 Å². The molecule has 1 aliphatic rings. The van der Waals surface area contributed by atoms with E-state index in [1.807, 2.05) is 0 Å². The Hall–Kier alpha value is -1.12.